The SMILES string of the molecule is COc1cccc(C(CNC(=O)c2ccc(C)nc2)N2CCCC2)c1. The summed E-state index contributed by atoms with van der Waals surface area (Å²) in [6.07, 6.45) is 4.04. The quantitative estimate of drug-likeness (QED) is 0.879. The molecule has 1 amide bonds. The first-order valence-corrected chi connectivity index (χ1v) is 8.76. The Hall–Kier alpha value is -2.40. The van der Waals surface area contributed by atoms with Crippen molar-refractivity contribution in [3.05, 3.63) is 59.4 Å². The van der Waals surface area contributed by atoms with Crippen molar-refractivity contribution in [1.82, 2.24) is 15.2 Å². The van der Waals surface area contributed by atoms with Gasteiger partial charge in [0.15, 0.2) is 0 Å². The fourth-order valence-electron chi connectivity index (χ4n) is 3.25. The highest BCUT2D eigenvalue weighted by Crippen LogP contribution is 2.27. The predicted octanol–water partition coefficient (Wildman–Crippen LogP) is 2.97. The molecule has 3 rings (SSSR count). The number of ether oxygens (including phenoxy) is 1. The second-order valence-electron chi connectivity index (χ2n) is 6.43. The van der Waals surface area contributed by atoms with Crippen LogP contribution < -0.4 is 10.1 Å². The van der Waals surface area contributed by atoms with Gasteiger partial charge in [0.2, 0.25) is 0 Å². The number of hydrogen-bond donors (Lipinski definition) is 1. The largest absolute Gasteiger partial charge is 0.497 e. The number of nitrogens with one attached hydrogen (secondary N) is 1. The lowest BCUT2D eigenvalue weighted by Gasteiger charge is -2.28. The van der Waals surface area contributed by atoms with Crippen LogP contribution in [0.5, 0.6) is 5.75 Å². The van der Waals surface area contributed by atoms with E-state index in [4.69, 9.17) is 4.74 Å². The van der Waals surface area contributed by atoms with E-state index in [1.54, 1.807) is 13.3 Å². The summed E-state index contributed by atoms with van der Waals surface area (Å²) in [5.74, 6) is 0.760. The molecule has 0 aliphatic carbocycles. The average Bonchev–Trinajstić information content (AvgIpc) is 3.17. The van der Waals surface area contributed by atoms with Crippen molar-refractivity contribution in [2.45, 2.75) is 25.8 Å². The standard InChI is InChI=1S/C20H25N3O2/c1-15-8-9-17(13-21-15)20(24)22-14-19(23-10-3-4-11-23)16-6-5-7-18(12-16)25-2/h5-9,12-13,19H,3-4,10-11,14H2,1-2H3,(H,22,24). The Morgan fingerprint density at radius 3 is 2.76 bits per heavy atom. The number of amides is 1. The third-order valence-corrected chi connectivity index (χ3v) is 4.69. The maximum absolute atomic E-state index is 12.4. The van der Waals surface area contributed by atoms with Crippen molar-refractivity contribution in [1.29, 1.82) is 0 Å². The minimum atomic E-state index is -0.0837. The van der Waals surface area contributed by atoms with Gasteiger partial charge in [-0.05, 0) is 62.7 Å². The maximum atomic E-state index is 12.4. The van der Waals surface area contributed by atoms with Gasteiger partial charge in [-0.15, -0.1) is 0 Å². The van der Waals surface area contributed by atoms with Crippen molar-refractivity contribution < 1.29 is 9.53 Å². The van der Waals surface area contributed by atoms with E-state index in [2.05, 4.69) is 27.3 Å². The molecule has 1 fully saturated rings. The summed E-state index contributed by atoms with van der Waals surface area (Å²) in [6.45, 7) is 4.60. The van der Waals surface area contributed by atoms with Crippen molar-refractivity contribution in [2.24, 2.45) is 0 Å². The van der Waals surface area contributed by atoms with Crippen LogP contribution in [0.15, 0.2) is 42.6 Å². The number of carbonyl (C=O) groups excluding carboxylic acids is 1. The molecule has 25 heavy (non-hydrogen) atoms. The molecule has 0 saturated carbocycles. The number of likely N-dealkylation sites (tertiary alicyclic amines) is 1. The second-order valence-corrected chi connectivity index (χ2v) is 6.43. The van der Waals surface area contributed by atoms with Gasteiger partial charge >= 0.3 is 0 Å². The lowest BCUT2D eigenvalue weighted by atomic mass is 10.0. The molecule has 1 unspecified atom stereocenters. The Kier molecular flexibility index (Phi) is 5.66. The maximum Gasteiger partial charge on any atom is 0.252 e. The van der Waals surface area contributed by atoms with E-state index in [0.717, 1.165) is 24.5 Å². The highest BCUT2D eigenvalue weighted by molar-refractivity contribution is 5.93. The van der Waals surface area contributed by atoms with Crippen LogP contribution >= 0.6 is 0 Å². The van der Waals surface area contributed by atoms with Crippen LogP contribution in [0.1, 0.15) is 40.5 Å². The van der Waals surface area contributed by atoms with Gasteiger partial charge in [0.25, 0.3) is 5.91 Å². The van der Waals surface area contributed by atoms with E-state index in [1.165, 1.54) is 18.4 Å². The smallest absolute Gasteiger partial charge is 0.252 e. The lowest BCUT2D eigenvalue weighted by molar-refractivity contribution is 0.0937. The molecule has 1 N–H and O–H groups in total. The Labute approximate surface area is 149 Å². The van der Waals surface area contributed by atoms with E-state index >= 15 is 0 Å². The fraction of sp³-hybridized carbons (Fsp3) is 0.400. The van der Waals surface area contributed by atoms with Gasteiger partial charge in [0.05, 0.1) is 18.7 Å². The fourth-order valence-corrected chi connectivity index (χ4v) is 3.25. The first-order chi connectivity index (χ1) is 12.2. The van der Waals surface area contributed by atoms with Crippen molar-refractivity contribution in [2.75, 3.05) is 26.7 Å². The second kappa shape index (κ2) is 8.12. The molecule has 2 aromatic rings. The summed E-state index contributed by atoms with van der Waals surface area (Å²) in [6, 6.07) is 11.9. The topological polar surface area (TPSA) is 54.5 Å². The zero-order valence-electron chi connectivity index (χ0n) is 14.9. The molecule has 1 aromatic carbocycles. The van der Waals surface area contributed by atoms with Crippen LogP contribution in [0, 0.1) is 6.92 Å². The molecule has 132 valence electrons. The summed E-state index contributed by atoms with van der Waals surface area (Å²) >= 11 is 0. The van der Waals surface area contributed by atoms with Crippen molar-refractivity contribution >= 4 is 5.91 Å². The summed E-state index contributed by atoms with van der Waals surface area (Å²) in [7, 11) is 1.68. The van der Waals surface area contributed by atoms with Gasteiger partial charge in [-0.2, -0.15) is 0 Å². The molecule has 1 saturated heterocycles. The minimum Gasteiger partial charge on any atom is -0.497 e. The van der Waals surface area contributed by atoms with E-state index in [0.29, 0.717) is 12.1 Å². The van der Waals surface area contributed by atoms with Gasteiger partial charge in [-0.3, -0.25) is 14.7 Å². The Morgan fingerprint density at radius 1 is 1.28 bits per heavy atom. The van der Waals surface area contributed by atoms with Gasteiger partial charge in [0, 0.05) is 18.4 Å². The summed E-state index contributed by atoms with van der Waals surface area (Å²) in [5, 5.41) is 3.07. The molecule has 2 heterocycles. The molecule has 5 nitrogen and oxygen atoms in total. The van der Waals surface area contributed by atoms with Gasteiger partial charge in [-0.1, -0.05) is 12.1 Å². The number of hydrogen-bond acceptors (Lipinski definition) is 4. The molecular formula is C20H25N3O2. The number of nitrogens with zero attached hydrogens (tertiary/aromatic N) is 2. The number of methoxy groups -OCH3 is 1. The predicted molar refractivity (Wildman–Crippen MR) is 97.8 cm³/mol. The number of pyridine rings is 1. The Morgan fingerprint density at radius 2 is 2.08 bits per heavy atom. The van der Waals surface area contributed by atoms with E-state index in [-0.39, 0.29) is 11.9 Å². The third-order valence-electron chi connectivity index (χ3n) is 4.69. The zero-order valence-corrected chi connectivity index (χ0v) is 14.9. The van der Waals surface area contributed by atoms with Crippen LogP contribution in [-0.2, 0) is 0 Å². The van der Waals surface area contributed by atoms with Crippen molar-refractivity contribution in [3.63, 3.8) is 0 Å². The summed E-state index contributed by atoms with van der Waals surface area (Å²) in [4.78, 5) is 19.1. The van der Waals surface area contributed by atoms with Crippen molar-refractivity contribution in [3.8, 4) is 5.75 Å². The number of aromatic nitrogens is 1. The van der Waals surface area contributed by atoms with Gasteiger partial charge < -0.3 is 10.1 Å². The Balaban J connectivity index is 1.73. The normalized spacial score (nSPS) is 15.8. The number of rotatable bonds is 6. The third kappa shape index (κ3) is 4.37. The van der Waals surface area contributed by atoms with Crippen LogP contribution in [0.4, 0.5) is 0 Å². The molecule has 5 heteroatoms. The highest BCUT2D eigenvalue weighted by atomic mass is 16.5. The number of benzene rings is 1. The van der Waals surface area contributed by atoms with Crippen LogP contribution in [0.25, 0.3) is 0 Å². The number of aryl methyl sites for hydroxylation is 1. The molecule has 1 aromatic heterocycles. The van der Waals surface area contributed by atoms with E-state index in [1.807, 2.05) is 31.2 Å². The molecule has 0 radical (unpaired) electrons. The molecule has 1 aliphatic heterocycles. The first kappa shape index (κ1) is 17.4. The molecule has 0 spiro atoms. The molecule has 0 bridgehead atoms. The lowest BCUT2D eigenvalue weighted by Crippen LogP contribution is -2.36. The molecule has 1 atom stereocenters. The van der Waals surface area contributed by atoms with Gasteiger partial charge in [0.1, 0.15) is 5.75 Å². The Bertz CT molecular complexity index is 709. The zero-order chi connectivity index (χ0) is 17.6. The first-order valence-electron chi connectivity index (χ1n) is 8.76. The monoisotopic (exact) mass is 339 g/mol. The van der Waals surface area contributed by atoms with E-state index in [9.17, 15) is 4.79 Å². The summed E-state index contributed by atoms with van der Waals surface area (Å²) < 4.78 is 5.36. The summed E-state index contributed by atoms with van der Waals surface area (Å²) in [5.41, 5.74) is 2.67. The van der Waals surface area contributed by atoms with Crippen LogP contribution in [0.2, 0.25) is 0 Å². The van der Waals surface area contributed by atoms with E-state index < -0.39 is 0 Å². The van der Waals surface area contributed by atoms with Crippen LogP contribution in [0.3, 0.4) is 0 Å². The number of carbonyl (C=O) groups is 1. The minimum absolute atomic E-state index is 0.0837. The molecule has 1 aliphatic rings. The average molecular weight is 339 g/mol. The molecular weight excluding hydrogens is 314 g/mol. The van der Waals surface area contributed by atoms with Gasteiger partial charge in [-0.25, -0.2) is 0 Å². The highest BCUT2D eigenvalue weighted by Gasteiger charge is 2.24. The van der Waals surface area contributed by atoms with Crippen LogP contribution in [-0.4, -0.2) is 42.5 Å².